The number of nitrogens with one attached hydrogen (secondary N) is 1. The van der Waals surface area contributed by atoms with Crippen LogP contribution in [0, 0.1) is 13.8 Å². The number of methoxy groups -OCH3 is 2. The number of hydrogen-bond acceptors (Lipinski definition) is 5. The number of aryl methyl sites for hydroxylation is 2. The van der Waals surface area contributed by atoms with Crippen LogP contribution in [0.4, 0.5) is 0 Å². The second-order valence-corrected chi connectivity index (χ2v) is 5.43. The molecular weight excluding hydrogens is 320 g/mol. The fourth-order valence-electron chi connectivity index (χ4n) is 2.32. The Balaban J connectivity index is 1.92. The third-order valence-electron chi connectivity index (χ3n) is 3.52. The van der Waals surface area contributed by atoms with Crippen molar-refractivity contribution in [3.63, 3.8) is 0 Å². The van der Waals surface area contributed by atoms with Crippen molar-refractivity contribution >= 4 is 12.1 Å². The van der Waals surface area contributed by atoms with E-state index >= 15 is 0 Å². The maximum Gasteiger partial charge on any atom is 0.277 e. The molecule has 0 aliphatic rings. The van der Waals surface area contributed by atoms with Gasteiger partial charge in [0.25, 0.3) is 5.91 Å². The fourth-order valence-corrected chi connectivity index (χ4v) is 2.32. The van der Waals surface area contributed by atoms with E-state index in [9.17, 15) is 4.79 Å². The second kappa shape index (κ2) is 8.73. The highest BCUT2D eigenvalue weighted by atomic mass is 16.5. The predicted octanol–water partition coefficient (Wildman–Crippen LogP) is 2.85. The van der Waals surface area contributed by atoms with E-state index in [0.717, 1.165) is 11.1 Å². The molecule has 0 spiro atoms. The first-order valence-electron chi connectivity index (χ1n) is 7.78. The standard InChI is InChI=1S/C19H22N2O4/c1-13-8-9-16(14(2)10-13)25-12-18(22)21-20-11-15-6-5-7-17(23-3)19(15)24-4/h5-11H,12H2,1-4H3,(H,21,22)/b20-11-. The van der Waals surface area contributed by atoms with Crippen LogP contribution in [-0.4, -0.2) is 32.9 Å². The zero-order chi connectivity index (χ0) is 18.2. The van der Waals surface area contributed by atoms with Crippen LogP contribution in [0.1, 0.15) is 16.7 Å². The summed E-state index contributed by atoms with van der Waals surface area (Å²) in [4.78, 5) is 11.9. The topological polar surface area (TPSA) is 69.2 Å². The maximum absolute atomic E-state index is 11.9. The number of ether oxygens (including phenoxy) is 3. The lowest BCUT2D eigenvalue weighted by atomic mass is 10.1. The van der Waals surface area contributed by atoms with Crippen molar-refractivity contribution in [3.05, 3.63) is 53.1 Å². The Morgan fingerprint density at radius 2 is 1.92 bits per heavy atom. The quantitative estimate of drug-likeness (QED) is 0.620. The lowest BCUT2D eigenvalue weighted by Gasteiger charge is -2.10. The monoisotopic (exact) mass is 342 g/mol. The van der Waals surface area contributed by atoms with Crippen molar-refractivity contribution in [2.75, 3.05) is 20.8 Å². The summed E-state index contributed by atoms with van der Waals surface area (Å²) in [6, 6.07) is 11.2. The number of carbonyl (C=O) groups excluding carboxylic acids is 1. The van der Waals surface area contributed by atoms with E-state index in [2.05, 4.69) is 10.5 Å². The van der Waals surface area contributed by atoms with E-state index in [1.165, 1.54) is 6.21 Å². The summed E-state index contributed by atoms with van der Waals surface area (Å²) in [5.41, 5.74) is 5.25. The Morgan fingerprint density at radius 3 is 2.60 bits per heavy atom. The third-order valence-corrected chi connectivity index (χ3v) is 3.52. The summed E-state index contributed by atoms with van der Waals surface area (Å²) < 4.78 is 16.0. The first-order valence-corrected chi connectivity index (χ1v) is 7.78. The summed E-state index contributed by atoms with van der Waals surface area (Å²) in [6.07, 6.45) is 1.50. The molecule has 0 saturated heterocycles. The minimum absolute atomic E-state index is 0.115. The largest absolute Gasteiger partial charge is 0.493 e. The molecule has 0 heterocycles. The maximum atomic E-state index is 11.9. The molecule has 0 aromatic heterocycles. The highest BCUT2D eigenvalue weighted by Gasteiger charge is 2.08. The smallest absolute Gasteiger partial charge is 0.277 e. The molecule has 6 nitrogen and oxygen atoms in total. The Labute approximate surface area is 147 Å². The van der Waals surface area contributed by atoms with Gasteiger partial charge in [-0.2, -0.15) is 5.10 Å². The van der Waals surface area contributed by atoms with Crippen LogP contribution in [0.2, 0.25) is 0 Å². The zero-order valence-electron chi connectivity index (χ0n) is 14.8. The van der Waals surface area contributed by atoms with E-state index in [4.69, 9.17) is 14.2 Å². The van der Waals surface area contributed by atoms with Gasteiger partial charge in [0, 0.05) is 5.56 Å². The van der Waals surface area contributed by atoms with Crippen LogP contribution in [0.25, 0.3) is 0 Å². The Morgan fingerprint density at radius 1 is 1.12 bits per heavy atom. The highest BCUT2D eigenvalue weighted by molar-refractivity contribution is 5.86. The van der Waals surface area contributed by atoms with E-state index in [-0.39, 0.29) is 12.5 Å². The lowest BCUT2D eigenvalue weighted by molar-refractivity contribution is -0.123. The van der Waals surface area contributed by atoms with Gasteiger partial charge in [-0.05, 0) is 37.6 Å². The van der Waals surface area contributed by atoms with Gasteiger partial charge < -0.3 is 14.2 Å². The van der Waals surface area contributed by atoms with Gasteiger partial charge >= 0.3 is 0 Å². The first-order chi connectivity index (χ1) is 12.0. The summed E-state index contributed by atoms with van der Waals surface area (Å²) in [5, 5.41) is 3.93. The van der Waals surface area contributed by atoms with Gasteiger partial charge in [-0.3, -0.25) is 4.79 Å². The minimum atomic E-state index is -0.349. The number of carbonyl (C=O) groups is 1. The number of rotatable bonds is 7. The van der Waals surface area contributed by atoms with E-state index < -0.39 is 0 Å². The molecule has 2 aromatic carbocycles. The van der Waals surface area contributed by atoms with Gasteiger partial charge in [0.1, 0.15) is 5.75 Å². The molecule has 6 heteroatoms. The molecule has 0 aliphatic heterocycles. The molecule has 0 bridgehead atoms. The Hall–Kier alpha value is -3.02. The molecule has 0 aliphatic carbocycles. The summed E-state index contributed by atoms with van der Waals surface area (Å²) in [5.74, 6) is 1.47. The summed E-state index contributed by atoms with van der Waals surface area (Å²) >= 11 is 0. The molecule has 25 heavy (non-hydrogen) atoms. The second-order valence-electron chi connectivity index (χ2n) is 5.43. The van der Waals surface area contributed by atoms with Crippen LogP contribution in [0.15, 0.2) is 41.5 Å². The normalized spacial score (nSPS) is 10.6. The van der Waals surface area contributed by atoms with Gasteiger partial charge in [-0.25, -0.2) is 5.43 Å². The zero-order valence-corrected chi connectivity index (χ0v) is 14.8. The van der Waals surface area contributed by atoms with Crippen molar-refractivity contribution in [2.45, 2.75) is 13.8 Å². The van der Waals surface area contributed by atoms with Crippen molar-refractivity contribution in [3.8, 4) is 17.2 Å². The van der Waals surface area contributed by atoms with E-state index in [1.54, 1.807) is 20.3 Å². The van der Waals surface area contributed by atoms with Crippen LogP contribution in [0.3, 0.4) is 0 Å². The Kier molecular flexibility index (Phi) is 6.39. The van der Waals surface area contributed by atoms with Gasteiger partial charge in [0.15, 0.2) is 18.1 Å². The van der Waals surface area contributed by atoms with Gasteiger partial charge in [-0.15, -0.1) is 0 Å². The number of amides is 1. The molecule has 0 unspecified atom stereocenters. The van der Waals surface area contributed by atoms with Crippen LogP contribution >= 0.6 is 0 Å². The number of para-hydroxylation sites is 1. The molecule has 1 N–H and O–H groups in total. The molecule has 0 atom stereocenters. The summed E-state index contributed by atoms with van der Waals surface area (Å²) in [7, 11) is 3.11. The van der Waals surface area contributed by atoms with Gasteiger partial charge in [0.2, 0.25) is 0 Å². The number of benzene rings is 2. The third kappa shape index (κ3) is 4.97. The molecule has 0 fully saturated rings. The van der Waals surface area contributed by atoms with Crippen molar-refractivity contribution in [1.29, 1.82) is 0 Å². The minimum Gasteiger partial charge on any atom is -0.493 e. The SMILES string of the molecule is COc1cccc(/C=N\NC(=O)COc2ccc(C)cc2C)c1OC. The highest BCUT2D eigenvalue weighted by Crippen LogP contribution is 2.29. The lowest BCUT2D eigenvalue weighted by Crippen LogP contribution is -2.24. The van der Waals surface area contributed by atoms with Crippen molar-refractivity contribution < 1.29 is 19.0 Å². The molecule has 132 valence electrons. The fraction of sp³-hybridized carbons (Fsp3) is 0.263. The molecule has 2 rings (SSSR count). The average Bonchev–Trinajstić information content (AvgIpc) is 2.60. The molecule has 0 saturated carbocycles. The van der Waals surface area contributed by atoms with Crippen molar-refractivity contribution in [1.82, 2.24) is 5.43 Å². The average molecular weight is 342 g/mol. The van der Waals surface area contributed by atoms with E-state index in [0.29, 0.717) is 22.8 Å². The first kappa shape index (κ1) is 18.3. The van der Waals surface area contributed by atoms with Crippen molar-refractivity contribution in [2.24, 2.45) is 5.10 Å². The van der Waals surface area contributed by atoms with E-state index in [1.807, 2.05) is 44.2 Å². The molecule has 0 radical (unpaired) electrons. The summed E-state index contributed by atoms with van der Waals surface area (Å²) in [6.45, 7) is 3.83. The predicted molar refractivity (Wildman–Crippen MR) is 96.7 cm³/mol. The van der Waals surface area contributed by atoms with Gasteiger partial charge in [0.05, 0.1) is 20.4 Å². The number of nitrogens with zero attached hydrogens (tertiary/aromatic N) is 1. The van der Waals surface area contributed by atoms with Gasteiger partial charge in [-0.1, -0.05) is 23.8 Å². The van der Waals surface area contributed by atoms with Crippen LogP contribution in [0.5, 0.6) is 17.2 Å². The molecular formula is C19H22N2O4. The molecule has 2 aromatic rings. The van der Waals surface area contributed by atoms with Crippen LogP contribution in [-0.2, 0) is 4.79 Å². The van der Waals surface area contributed by atoms with Crippen LogP contribution < -0.4 is 19.6 Å². The number of hydrogen-bond donors (Lipinski definition) is 1. The molecule has 1 amide bonds. The number of hydrazone groups is 1. The Bertz CT molecular complexity index is 772.